The first kappa shape index (κ1) is 17.7. The van der Waals surface area contributed by atoms with Crippen LogP contribution >= 0.6 is 0 Å². The molecule has 3 nitrogen and oxygen atoms in total. The van der Waals surface area contributed by atoms with Crippen LogP contribution in [0.5, 0.6) is 5.75 Å². The number of hydrogen-bond acceptors (Lipinski definition) is 3. The van der Waals surface area contributed by atoms with E-state index in [-0.39, 0.29) is 5.54 Å². The smallest absolute Gasteiger partial charge is 0.119 e. The van der Waals surface area contributed by atoms with E-state index >= 15 is 0 Å². The van der Waals surface area contributed by atoms with E-state index in [0.29, 0.717) is 6.61 Å². The average molecular weight is 290 g/mol. The fourth-order valence-electron chi connectivity index (χ4n) is 1.93. The fourth-order valence-corrected chi connectivity index (χ4v) is 1.93. The standard InChI is InChI=1S/C18H30N2O/c1-15(2)14-20(6)11-12-21-17-9-7-16(8-10-17)13-19-18(3,4)5/h7-10,19H,1,11-14H2,2-6H3. The largest absolute Gasteiger partial charge is 0.492 e. The van der Waals surface area contributed by atoms with Crippen molar-refractivity contribution in [1.29, 1.82) is 0 Å². The Morgan fingerprint density at radius 3 is 2.38 bits per heavy atom. The second-order valence-corrected chi connectivity index (χ2v) is 6.79. The summed E-state index contributed by atoms with van der Waals surface area (Å²) in [6.07, 6.45) is 0. The Bertz CT molecular complexity index is 432. The number of ether oxygens (including phenoxy) is 1. The number of nitrogens with zero attached hydrogens (tertiary/aromatic N) is 1. The van der Waals surface area contributed by atoms with Crippen molar-refractivity contribution in [2.75, 3.05) is 26.7 Å². The summed E-state index contributed by atoms with van der Waals surface area (Å²) in [5.74, 6) is 0.929. The molecule has 0 aliphatic heterocycles. The van der Waals surface area contributed by atoms with Crippen LogP contribution in [-0.4, -0.2) is 37.2 Å². The molecule has 1 rings (SSSR count). The fraction of sp³-hybridized carbons (Fsp3) is 0.556. The highest BCUT2D eigenvalue weighted by Gasteiger charge is 2.08. The van der Waals surface area contributed by atoms with Crippen LogP contribution in [0.4, 0.5) is 0 Å². The van der Waals surface area contributed by atoms with Gasteiger partial charge in [0.25, 0.3) is 0 Å². The molecule has 1 aromatic carbocycles. The third-order valence-electron chi connectivity index (χ3n) is 3.03. The van der Waals surface area contributed by atoms with Crippen LogP contribution in [0.25, 0.3) is 0 Å². The molecule has 0 saturated heterocycles. The molecule has 0 heterocycles. The summed E-state index contributed by atoms with van der Waals surface area (Å²) in [6, 6.07) is 8.31. The van der Waals surface area contributed by atoms with Gasteiger partial charge in [-0.1, -0.05) is 24.3 Å². The molecule has 0 aliphatic carbocycles. The van der Waals surface area contributed by atoms with Gasteiger partial charge in [0.15, 0.2) is 0 Å². The van der Waals surface area contributed by atoms with Crippen LogP contribution in [0.2, 0.25) is 0 Å². The van der Waals surface area contributed by atoms with Gasteiger partial charge in [-0.15, -0.1) is 0 Å². The highest BCUT2D eigenvalue weighted by Crippen LogP contribution is 2.13. The Hall–Kier alpha value is -1.32. The van der Waals surface area contributed by atoms with Crippen LogP contribution in [0.1, 0.15) is 33.3 Å². The van der Waals surface area contributed by atoms with Crippen LogP contribution < -0.4 is 10.1 Å². The Morgan fingerprint density at radius 1 is 1.24 bits per heavy atom. The number of hydrogen-bond donors (Lipinski definition) is 1. The molecule has 0 radical (unpaired) electrons. The van der Waals surface area contributed by atoms with E-state index in [1.807, 2.05) is 19.1 Å². The lowest BCUT2D eigenvalue weighted by Crippen LogP contribution is -2.35. The molecule has 0 bridgehead atoms. The SMILES string of the molecule is C=C(C)CN(C)CCOc1ccc(CNC(C)(C)C)cc1. The number of likely N-dealkylation sites (N-methyl/N-ethyl adjacent to an activating group) is 1. The molecule has 21 heavy (non-hydrogen) atoms. The summed E-state index contributed by atoms with van der Waals surface area (Å²) >= 11 is 0. The predicted octanol–water partition coefficient (Wildman–Crippen LogP) is 3.46. The molecule has 118 valence electrons. The summed E-state index contributed by atoms with van der Waals surface area (Å²) in [6.45, 7) is 15.9. The third-order valence-corrected chi connectivity index (χ3v) is 3.03. The number of benzene rings is 1. The van der Waals surface area contributed by atoms with Gasteiger partial charge in [-0.25, -0.2) is 0 Å². The maximum atomic E-state index is 5.77. The Labute approximate surface area is 130 Å². The van der Waals surface area contributed by atoms with Gasteiger partial charge in [0.2, 0.25) is 0 Å². The molecule has 0 atom stereocenters. The first-order chi connectivity index (χ1) is 9.76. The van der Waals surface area contributed by atoms with E-state index < -0.39 is 0 Å². The maximum Gasteiger partial charge on any atom is 0.119 e. The van der Waals surface area contributed by atoms with E-state index in [9.17, 15) is 0 Å². The molecular weight excluding hydrogens is 260 g/mol. The molecule has 3 heteroatoms. The summed E-state index contributed by atoms with van der Waals surface area (Å²) in [5.41, 5.74) is 2.59. The molecular formula is C18H30N2O. The first-order valence-corrected chi connectivity index (χ1v) is 7.56. The highest BCUT2D eigenvalue weighted by atomic mass is 16.5. The van der Waals surface area contributed by atoms with Crippen LogP contribution in [0.15, 0.2) is 36.4 Å². The van der Waals surface area contributed by atoms with Gasteiger partial charge >= 0.3 is 0 Å². The molecule has 0 fully saturated rings. The molecule has 0 unspecified atom stereocenters. The summed E-state index contributed by atoms with van der Waals surface area (Å²) in [7, 11) is 2.08. The second kappa shape index (κ2) is 8.20. The second-order valence-electron chi connectivity index (χ2n) is 6.79. The topological polar surface area (TPSA) is 24.5 Å². The number of nitrogens with one attached hydrogen (secondary N) is 1. The lowest BCUT2D eigenvalue weighted by molar-refractivity contribution is 0.247. The summed E-state index contributed by atoms with van der Waals surface area (Å²) < 4.78 is 5.77. The van der Waals surface area contributed by atoms with Crippen molar-refractivity contribution < 1.29 is 4.74 Å². The lowest BCUT2D eigenvalue weighted by Gasteiger charge is -2.20. The minimum absolute atomic E-state index is 0.142. The van der Waals surface area contributed by atoms with Crippen molar-refractivity contribution in [1.82, 2.24) is 10.2 Å². The average Bonchev–Trinajstić information content (AvgIpc) is 2.36. The minimum atomic E-state index is 0.142. The van der Waals surface area contributed by atoms with Gasteiger partial charge in [-0.05, 0) is 52.4 Å². The van der Waals surface area contributed by atoms with E-state index in [0.717, 1.165) is 25.4 Å². The van der Waals surface area contributed by atoms with E-state index in [4.69, 9.17) is 4.74 Å². The zero-order valence-electron chi connectivity index (χ0n) is 14.2. The zero-order valence-corrected chi connectivity index (χ0v) is 14.2. The molecule has 0 spiro atoms. The predicted molar refractivity (Wildman–Crippen MR) is 90.8 cm³/mol. The van der Waals surface area contributed by atoms with E-state index in [1.165, 1.54) is 11.1 Å². The van der Waals surface area contributed by atoms with Crippen molar-refractivity contribution >= 4 is 0 Å². The Balaban J connectivity index is 2.32. The van der Waals surface area contributed by atoms with Gasteiger partial charge in [-0.3, -0.25) is 4.90 Å². The van der Waals surface area contributed by atoms with Gasteiger partial charge in [0.1, 0.15) is 12.4 Å². The van der Waals surface area contributed by atoms with Crippen LogP contribution in [-0.2, 0) is 6.54 Å². The van der Waals surface area contributed by atoms with Crippen LogP contribution in [0.3, 0.4) is 0 Å². The summed E-state index contributed by atoms with van der Waals surface area (Å²) in [4.78, 5) is 2.21. The number of rotatable bonds is 8. The van der Waals surface area contributed by atoms with Crippen molar-refractivity contribution in [2.45, 2.75) is 39.8 Å². The van der Waals surface area contributed by atoms with E-state index in [2.05, 4.69) is 56.7 Å². The van der Waals surface area contributed by atoms with Crippen molar-refractivity contribution in [3.8, 4) is 5.75 Å². The van der Waals surface area contributed by atoms with Gasteiger partial charge < -0.3 is 10.1 Å². The van der Waals surface area contributed by atoms with Crippen molar-refractivity contribution in [3.63, 3.8) is 0 Å². The first-order valence-electron chi connectivity index (χ1n) is 7.56. The zero-order chi connectivity index (χ0) is 15.9. The van der Waals surface area contributed by atoms with E-state index in [1.54, 1.807) is 0 Å². The summed E-state index contributed by atoms with van der Waals surface area (Å²) in [5, 5.41) is 3.48. The molecule has 0 aromatic heterocycles. The third kappa shape index (κ3) is 8.53. The maximum absolute atomic E-state index is 5.77. The minimum Gasteiger partial charge on any atom is -0.492 e. The highest BCUT2D eigenvalue weighted by molar-refractivity contribution is 5.27. The van der Waals surface area contributed by atoms with Crippen molar-refractivity contribution in [2.24, 2.45) is 0 Å². The normalized spacial score (nSPS) is 11.7. The molecule has 0 amide bonds. The van der Waals surface area contributed by atoms with Gasteiger partial charge in [0.05, 0.1) is 0 Å². The molecule has 0 saturated carbocycles. The van der Waals surface area contributed by atoms with Gasteiger partial charge in [-0.2, -0.15) is 0 Å². The Kier molecular flexibility index (Phi) is 6.93. The molecule has 1 aromatic rings. The van der Waals surface area contributed by atoms with Gasteiger partial charge in [0, 0.05) is 25.2 Å². The van der Waals surface area contributed by atoms with Crippen LogP contribution in [0, 0.1) is 0 Å². The monoisotopic (exact) mass is 290 g/mol. The lowest BCUT2D eigenvalue weighted by atomic mass is 10.1. The Morgan fingerprint density at radius 2 is 1.86 bits per heavy atom. The van der Waals surface area contributed by atoms with Crippen molar-refractivity contribution in [3.05, 3.63) is 42.0 Å². The molecule has 1 N–H and O–H groups in total. The quantitative estimate of drug-likeness (QED) is 0.742. The molecule has 0 aliphatic rings.